The van der Waals surface area contributed by atoms with Gasteiger partial charge in [-0.2, -0.15) is 0 Å². The number of hydrogen-bond acceptors (Lipinski definition) is 5. The van der Waals surface area contributed by atoms with E-state index in [0.29, 0.717) is 22.4 Å². The number of carbonyl (C=O) groups excluding carboxylic acids is 1. The number of likely N-dealkylation sites (N-methyl/N-ethyl adjacent to an activating group) is 1. The molecule has 0 atom stereocenters. The first kappa shape index (κ1) is 18.1. The van der Waals surface area contributed by atoms with Crippen molar-refractivity contribution in [3.8, 4) is 5.75 Å². The Morgan fingerprint density at radius 3 is 2.89 bits per heavy atom. The number of para-hydroxylation sites is 1. The quantitative estimate of drug-likeness (QED) is 0.801. The van der Waals surface area contributed by atoms with Gasteiger partial charge >= 0.3 is 5.97 Å². The minimum atomic E-state index is -1.02. The van der Waals surface area contributed by atoms with Crippen LogP contribution in [0.15, 0.2) is 70.1 Å². The zero-order chi connectivity index (χ0) is 19.7. The highest BCUT2D eigenvalue weighted by molar-refractivity contribution is 8.18. The van der Waals surface area contributed by atoms with Crippen molar-refractivity contribution in [1.29, 1.82) is 0 Å². The number of benzene rings is 2. The number of aliphatic imine (C=N–C) groups is 1. The number of nitrogens with zero attached hydrogens (tertiary/aromatic N) is 2. The van der Waals surface area contributed by atoms with Crippen molar-refractivity contribution in [1.82, 2.24) is 4.90 Å². The average molecular weight is 392 g/mol. The summed E-state index contributed by atoms with van der Waals surface area (Å²) in [7, 11) is 1.65. The molecule has 0 aromatic heterocycles. The van der Waals surface area contributed by atoms with Gasteiger partial charge in [-0.15, -0.1) is 0 Å². The summed E-state index contributed by atoms with van der Waals surface area (Å²) in [6.45, 7) is 0.394. The Bertz CT molecular complexity index is 1070. The lowest BCUT2D eigenvalue weighted by Gasteiger charge is -2.15. The van der Waals surface area contributed by atoms with Crippen LogP contribution in [0.4, 0.5) is 5.69 Å². The fourth-order valence-electron chi connectivity index (χ4n) is 2.86. The van der Waals surface area contributed by atoms with Crippen LogP contribution in [-0.2, 0) is 4.79 Å². The summed E-state index contributed by atoms with van der Waals surface area (Å²) in [6, 6.07) is 14.0. The maximum atomic E-state index is 12.6. The SMILES string of the molecule is CN1C(=O)/C(=C/C2=Cc3ccccc3OC2)SC1=Nc1cccc(C(=O)O)c1. The Hall–Kier alpha value is -3.32. The monoisotopic (exact) mass is 392 g/mol. The minimum absolute atomic E-state index is 0.151. The Balaban J connectivity index is 1.61. The first-order valence-corrected chi connectivity index (χ1v) is 9.35. The number of fused-ring (bicyclic) bond motifs is 1. The third kappa shape index (κ3) is 3.57. The fourth-order valence-corrected chi connectivity index (χ4v) is 3.86. The van der Waals surface area contributed by atoms with Gasteiger partial charge in [0.2, 0.25) is 0 Å². The van der Waals surface area contributed by atoms with Gasteiger partial charge in [-0.05, 0) is 53.8 Å². The van der Waals surface area contributed by atoms with E-state index in [1.807, 2.05) is 36.4 Å². The van der Waals surface area contributed by atoms with Crippen molar-refractivity contribution in [2.24, 2.45) is 4.99 Å². The van der Waals surface area contributed by atoms with E-state index in [9.17, 15) is 9.59 Å². The molecule has 2 aliphatic heterocycles. The van der Waals surface area contributed by atoms with E-state index in [0.717, 1.165) is 16.9 Å². The van der Waals surface area contributed by atoms with Crippen LogP contribution in [0.5, 0.6) is 5.75 Å². The maximum Gasteiger partial charge on any atom is 0.335 e. The second-order valence-corrected chi connectivity index (χ2v) is 7.28. The number of amidine groups is 1. The van der Waals surface area contributed by atoms with Gasteiger partial charge in [0.05, 0.1) is 16.2 Å². The lowest BCUT2D eigenvalue weighted by Crippen LogP contribution is -2.23. The van der Waals surface area contributed by atoms with E-state index in [4.69, 9.17) is 9.84 Å². The van der Waals surface area contributed by atoms with Gasteiger partial charge in [0.15, 0.2) is 5.17 Å². The predicted molar refractivity (Wildman–Crippen MR) is 109 cm³/mol. The molecule has 1 amide bonds. The number of thioether (sulfide) groups is 1. The molecule has 6 nitrogen and oxygen atoms in total. The molecule has 1 saturated heterocycles. The predicted octanol–water partition coefficient (Wildman–Crippen LogP) is 3.94. The molecule has 4 rings (SSSR count). The number of carbonyl (C=O) groups is 2. The van der Waals surface area contributed by atoms with Gasteiger partial charge in [0, 0.05) is 12.6 Å². The van der Waals surface area contributed by atoms with Gasteiger partial charge in [-0.3, -0.25) is 9.69 Å². The number of aromatic carboxylic acids is 1. The molecular formula is C21H16N2O4S. The highest BCUT2D eigenvalue weighted by Crippen LogP contribution is 2.34. The topological polar surface area (TPSA) is 79.2 Å². The maximum absolute atomic E-state index is 12.6. The van der Waals surface area contributed by atoms with Gasteiger partial charge in [-0.1, -0.05) is 24.3 Å². The zero-order valence-corrected chi connectivity index (χ0v) is 15.8. The molecular weight excluding hydrogens is 376 g/mol. The molecule has 0 aliphatic carbocycles. The molecule has 28 heavy (non-hydrogen) atoms. The summed E-state index contributed by atoms with van der Waals surface area (Å²) in [6.07, 6.45) is 3.82. The minimum Gasteiger partial charge on any atom is -0.488 e. The molecule has 2 aromatic carbocycles. The van der Waals surface area contributed by atoms with Gasteiger partial charge < -0.3 is 9.84 Å². The molecule has 0 radical (unpaired) electrons. The highest BCUT2D eigenvalue weighted by Gasteiger charge is 2.30. The zero-order valence-electron chi connectivity index (χ0n) is 15.0. The lowest BCUT2D eigenvalue weighted by molar-refractivity contribution is -0.121. The van der Waals surface area contributed by atoms with Gasteiger partial charge in [-0.25, -0.2) is 9.79 Å². The van der Waals surface area contributed by atoms with E-state index >= 15 is 0 Å². The summed E-state index contributed by atoms with van der Waals surface area (Å²) < 4.78 is 5.73. The van der Waals surface area contributed by atoms with Crippen molar-refractivity contribution >= 4 is 40.6 Å². The Labute approximate surface area is 165 Å². The van der Waals surface area contributed by atoms with Crippen LogP contribution in [0.1, 0.15) is 15.9 Å². The van der Waals surface area contributed by atoms with Crippen LogP contribution in [0.25, 0.3) is 6.08 Å². The molecule has 1 fully saturated rings. The van der Waals surface area contributed by atoms with Crippen LogP contribution in [0.3, 0.4) is 0 Å². The van der Waals surface area contributed by atoms with E-state index in [-0.39, 0.29) is 11.5 Å². The van der Waals surface area contributed by atoms with Crippen LogP contribution in [0, 0.1) is 0 Å². The average Bonchev–Trinajstić information content (AvgIpc) is 2.96. The van der Waals surface area contributed by atoms with E-state index in [1.165, 1.54) is 28.8 Å². The van der Waals surface area contributed by atoms with E-state index in [1.54, 1.807) is 19.2 Å². The fraction of sp³-hybridized carbons (Fsp3) is 0.0952. The summed E-state index contributed by atoms with van der Waals surface area (Å²) in [5.74, 6) is -0.346. The van der Waals surface area contributed by atoms with Crippen LogP contribution in [0.2, 0.25) is 0 Å². The smallest absolute Gasteiger partial charge is 0.335 e. The van der Waals surface area contributed by atoms with Gasteiger partial charge in [0.1, 0.15) is 12.4 Å². The van der Waals surface area contributed by atoms with Gasteiger partial charge in [0.25, 0.3) is 5.91 Å². The summed E-state index contributed by atoms with van der Waals surface area (Å²) in [5.41, 5.74) is 2.51. The Morgan fingerprint density at radius 1 is 1.25 bits per heavy atom. The molecule has 0 spiro atoms. The van der Waals surface area contributed by atoms with Crippen molar-refractivity contribution in [2.45, 2.75) is 0 Å². The number of rotatable bonds is 3. The number of hydrogen-bond donors (Lipinski definition) is 1. The molecule has 0 bridgehead atoms. The first-order valence-electron chi connectivity index (χ1n) is 8.53. The van der Waals surface area contributed by atoms with Crippen LogP contribution in [-0.4, -0.2) is 40.7 Å². The molecule has 0 unspecified atom stereocenters. The third-order valence-electron chi connectivity index (χ3n) is 4.29. The van der Waals surface area contributed by atoms with Crippen molar-refractivity contribution in [3.05, 3.63) is 76.2 Å². The molecule has 0 saturated carbocycles. The summed E-state index contributed by atoms with van der Waals surface area (Å²) in [5, 5.41) is 9.61. The van der Waals surface area contributed by atoms with Crippen molar-refractivity contribution in [3.63, 3.8) is 0 Å². The third-order valence-corrected chi connectivity index (χ3v) is 5.35. The Morgan fingerprint density at radius 2 is 2.07 bits per heavy atom. The molecule has 2 aliphatic rings. The first-order chi connectivity index (χ1) is 13.5. The summed E-state index contributed by atoms with van der Waals surface area (Å²) >= 11 is 1.25. The van der Waals surface area contributed by atoms with Crippen LogP contribution >= 0.6 is 11.8 Å². The largest absolute Gasteiger partial charge is 0.488 e. The van der Waals surface area contributed by atoms with Crippen LogP contribution < -0.4 is 4.74 Å². The normalized spacial score (nSPS) is 18.8. The standard InChI is InChI=1S/C21H16N2O4S/c1-23-19(24)18(10-13-9-14-5-2-3-8-17(14)27-12-13)28-21(23)22-16-7-4-6-15(11-16)20(25)26/h2-11H,12H2,1H3,(H,25,26)/b18-10-,22-21?. The van der Waals surface area contributed by atoms with E-state index < -0.39 is 5.97 Å². The molecule has 7 heteroatoms. The molecule has 140 valence electrons. The molecule has 2 aromatic rings. The van der Waals surface area contributed by atoms with Crippen molar-refractivity contribution in [2.75, 3.05) is 13.7 Å². The number of carboxylic acid groups (broad SMARTS) is 1. The lowest BCUT2D eigenvalue weighted by atomic mass is 10.1. The summed E-state index contributed by atoms with van der Waals surface area (Å²) in [4.78, 5) is 30.2. The number of amides is 1. The number of ether oxygens (including phenoxy) is 1. The van der Waals surface area contributed by atoms with Crippen molar-refractivity contribution < 1.29 is 19.4 Å². The second-order valence-electron chi connectivity index (χ2n) is 6.27. The Kier molecular flexibility index (Phi) is 4.75. The second kappa shape index (κ2) is 7.36. The highest BCUT2D eigenvalue weighted by atomic mass is 32.2. The molecule has 2 heterocycles. The molecule has 1 N–H and O–H groups in total. The van der Waals surface area contributed by atoms with E-state index in [2.05, 4.69) is 4.99 Å². The number of carboxylic acids is 1.